The van der Waals surface area contributed by atoms with Gasteiger partial charge in [-0.2, -0.15) is 0 Å². The zero-order chi connectivity index (χ0) is 16.2. The molecule has 1 aromatic rings. The number of ether oxygens (including phenoxy) is 1. The monoisotopic (exact) mass is 290 g/mol. The van der Waals surface area contributed by atoms with Crippen LogP contribution in [0.4, 0.5) is 0 Å². The van der Waals surface area contributed by atoms with Crippen LogP contribution in [0.15, 0.2) is 24.8 Å². The van der Waals surface area contributed by atoms with Gasteiger partial charge in [-0.15, -0.1) is 6.58 Å². The molecule has 4 heteroatoms. The summed E-state index contributed by atoms with van der Waals surface area (Å²) in [6.45, 7) is 8.96. The Morgan fingerprint density at radius 2 is 1.95 bits per heavy atom. The maximum absolute atomic E-state index is 12.3. The largest absolute Gasteiger partial charge is 0.504 e. The fraction of sp³-hybridized carbons (Fsp3) is 0.412. The normalized spacial score (nSPS) is 11.0. The second kappa shape index (κ2) is 6.57. The number of hydrogen-bond acceptors (Lipinski definition) is 4. The molecule has 21 heavy (non-hydrogen) atoms. The van der Waals surface area contributed by atoms with E-state index in [1.807, 2.05) is 0 Å². The Labute approximate surface area is 125 Å². The minimum atomic E-state index is -0.555. The van der Waals surface area contributed by atoms with E-state index in [1.54, 1.807) is 32.9 Å². The van der Waals surface area contributed by atoms with Crippen molar-refractivity contribution >= 4 is 11.6 Å². The van der Waals surface area contributed by atoms with Crippen LogP contribution in [0.2, 0.25) is 0 Å². The summed E-state index contributed by atoms with van der Waals surface area (Å²) in [4.78, 5) is 24.2. The standard InChI is InChI=1S/C17H22O4/c1-6-7-11-8-12(9-14(21-5)16(11)20)13(18)10-15(19)17(2,3)4/h6,8-9,20H,1,7,10H2,2-5H3. The fourth-order valence-corrected chi connectivity index (χ4v) is 1.81. The molecule has 1 N–H and O–H groups in total. The lowest BCUT2D eigenvalue weighted by atomic mass is 9.86. The molecule has 0 spiro atoms. The van der Waals surface area contributed by atoms with Crippen molar-refractivity contribution < 1.29 is 19.4 Å². The molecule has 0 aliphatic heterocycles. The van der Waals surface area contributed by atoms with Crippen LogP contribution >= 0.6 is 0 Å². The van der Waals surface area contributed by atoms with Gasteiger partial charge in [0, 0.05) is 16.5 Å². The number of aromatic hydroxyl groups is 1. The molecule has 0 radical (unpaired) electrons. The molecule has 0 aliphatic rings. The minimum absolute atomic E-state index is 0.00361. The van der Waals surface area contributed by atoms with Crippen LogP contribution in [0, 0.1) is 5.41 Å². The summed E-state index contributed by atoms with van der Waals surface area (Å²) in [5, 5.41) is 9.99. The van der Waals surface area contributed by atoms with E-state index < -0.39 is 5.41 Å². The zero-order valence-corrected chi connectivity index (χ0v) is 13.0. The van der Waals surface area contributed by atoms with E-state index in [0.717, 1.165) is 0 Å². The number of ketones is 2. The molecule has 0 unspecified atom stereocenters. The third kappa shape index (κ3) is 4.18. The van der Waals surface area contributed by atoms with Crippen molar-refractivity contribution in [3.63, 3.8) is 0 Å². The first-order valence-electron chi connectivity index (χ1n) is 6.78. The lowest BCUT2D eigenvalue weighted by molar-refractivity contribution is -0.125. The summed E-state index contributed by atoms with van der Waals surface area (Å²) in [5.41, 5.74) is 0.357. The van der Waals surface area contributed by atoms with Crippen LogP contribution < -0.4 is 4.74 Å². The van der Waals surface area contributed by atoms with Crippen LogP contribution in [0.5, 0.6) is 11.5 Å². The van der Waals surface area contributed by atoms with Gasteiger partial charge in [-0.25, -0.2) is 0 Å². The van der Waals surface area contributed by atoms with E-state index in [-0.39, 0.29) is 29.5 Å². The smallest absolute Gasteiger partial charge is 0.170 e. The van der Waals surface area contributed by atoms with Crippen LogP contribution in [0.3, 0.4) is 0 Å². The van der Waals surface area contributed by atoms with Crippen LogP contribution in [0.25, 0.3) is 0 Å². The Bertz CT molecular complexity index is 565. The molecular formula is C17H22O4. The number of phenolic OH excluding ortho intramolecular Hbond substituents is 1. The highest BCUT2D eigenvalue weighted by molar-refractivity contribution is 6.09. The first-order valence-corrected chi connectivity index (χ1v) is 6.78. The Balaban J connectivity index is 3.12. The van der Waals surface area contributed by atoms with E-state index in [1.165, 1.54) is 13.2 Å². The number of carbonyl (C=O) groups is 2. The average molecular weight is 290 g/mol. The van der Waals surface area contributed by atoms with Crippen LogP contribution in [-0.4, -0.2) is 23.8 Å². The third-order valence-electron chi connectivity index (χ3n) is 3.22. The average Bonchev–Trinajstić information content (AvgIpc) is 2.40. The van der Waals surface area contributed by atoms with Crippen molar-refractivity contribution in [1.82, 2.24) is 0 Å². The van der Waals surface area contributed by atoms with Gasteiger partial charge in [-0.1, -0.05) is 26.8 Å². The van der Waals surface area contributed by atoms with Gasteiger partial charge in [-0.05, 0) is 18.6 Å². The van der Waals surface area contributed by atoms with Gasteiger partial charge < -0.3 is 9.84 Å². The van der Waals surface area contributed by atoms with Crippen molar-refractivity contribution in [1.29, 1.82) is 0 Å². The second-order valence-corrected chi connectivity index (χ2v) is 5.95. The molecule has 1 aromatic carbocycles. The highest BCUT2D eigenvalue weighted by Gasteiger charge is 2.25. The highest BCUT2D eigenvalue weighted by atomic mass is 16.5. The van der Waals surface area contributed by atoms with E-state index in [0.29, 0.717) is 17.5 Å². The van der Waals surface area contributed by atoms with E-state index in [9.17, 15) is 14.7 Å². The number of hydrogen-bond donors (Lipinski definition) is 1. The SMILES string of the molecule is C=CCc1cc(C(=O)CC(=O)C(C)(C)C)cc(OC)c1O. The summed E-state index contributed by atoms with van der Waals surface area (Å²) < 4.78 is 5.07. The molecule has 1 rings (SSSR count). The molecule has 0 saturated carbocycles. The topological polar surface area (TPSA) is 63.6 Å². The first kappa shape index (κ1) is 17.0. The molecule has 0 fully saturated rings. The van der Waals surface area contributed by atoms with Gasteiger partial charge in [0.05, 0.1) is 13.5 Å². The molecule has 4 nitrogen and oxygen atoms in total. The zero-order valence-electron chi connectivity index (χ0n) is 13.0. The number of methoxy groups -OCH3 is 1. The molecular weight excluding hydrogens is 268 g/mol. The number of benzene rings is 1. The third-order valence-corrected chi connectivity index (χ3v) is 3.22. The number of phenols is 1. The molecule has 0 bridgehead atoms. The van der Waals surface area contributed by atoms with Crippen molar-refractivity contribution in [3.8, 4) is 11.5 Å². The second-order valence-electron chi connectivity index (χ2n) is 5.95. The number of allylic oxidation sites excluding steroid dienone is 1. The summed E-state index contributed by atoms with van der Waals surface area (Å²) in [6.07, 6.45) is 1.88. The Morgan fingerprint density at radius 1 is 1.33 bits per heavy atom. The lowest BCUT2D eigenvalue weighted by Crippen LogP contribution is -2.23. The van der Waals surface area contributed by atoms with Gasteiger partial charge in [0.1, 0.15) is 5.78 Å². The van der Waals surface area contributed by atoms with Gasteiger partial charge in [0.2, 0.25) is 0 Å². The lowest BCUT2D eigenvalue weighted by Gasteiger charge is -2.16. The van der Waals surface area contributed by atoms with Gasteiger partial charge in [0.25, 0.3) is 0 Å². The fourth-order valence-electron chi connectivity index (χ4n) is 1.81. The Morgan fingerprint density at radius 3 is 2.43 bits per heavy atom. The molecule has 0 aliphatic carbocycles. The van der Waals surface area contributed by atoms with E-state index in [4.69, 9.17) is 4.74 Å². The molecule has 0 heterocycles. The maximum Gasteiger partial charge on any atom is 0.170 e. The Hall–Kier alpha value is -2.10. The Kier molecular flexibility index (Phi) is 5.30. The molecule has 114 valence electrons. The van der Waals surface area contributed by atoms with Gasteiger partial charge in [0.15, 0.2) is 17.3 Å². The molecule has 0 saturated heterocycles. The summed E-state index contributed by atoms with van der Waals surface area (Å²) >= 11 is 0. The van der Waals surface area contributed by atoms with Crippen molar-refractivity contribution in [2.24, 2.45) is 5.41 Å². The van der Waals surface area contributed by atoms with Crippen LogP contribution in [-0.2, 0) is 11.2 Å². The molecule has 0 aromatic heterocycles. The molecule has 0 amide bonds. The van der Waals surface area contributed by atoms with Gasteiger partial charge >= 0.3 is 0 Å². The number of rotatable bonds is 6. The van der Waals surface area contributed by atoms with E-state index in [2.05, 4.69) is 6.58 Å². The number of carbonyl (C=O) groups excluding carboxylic acids is 2. The first-order chi connectivity index (χ1) is 9.70. The van der Waals surface area contributed by atoms with Crippen LogP contribution in [0.1, 0.15) is 43.1 Å². The predicted molar refractivity (Wildman–Crippen MR) is 82.0 cm³/mol. The van der Waals surface area contributed by atoms with E-state index >= 15 is 0 Å². The quantitative estimate of drug-likeness (QED) is 0.496. The highest BCUT2D eigenvalue weighted by Crippen LogP contribution is 2.32. The van der Waals surface area contributed by atoms with Crippen molar-refractivity contribution in [3.05, 3.63) is 35.9 Å². The predicted octanol–water partition coefficient (Wildman–Crippen LogP) is 3.32. The summed E-state index contributed by atoms with van der Waals surface area (Å²) in [6, 6.07) is 3.04. The summed E-state index contributed by atoms with van der Waals surface area (Å²) in [7, 11) is 1.42. The summed E-state index contributed by atoms with van der Waals surface area (Å²) in [5.74, 6) is -0.180. The number of Topliss-reactive ketones (excluding diaryl/α,β-unsaturated/α-hetero) is 2. The minimum Gasteiger partial charge on any atom is -0.504 e. The van der Waals surface area contributed by atoms with Crippen molar-refractivity contribution in [2.75, 3.05) is 7.11 Å². The van der Waals surface area contributed by atoms with Gasteiger partial charge in [-0.3, -0.25) is 9.59 Å². The molecule has 0 atom stereocenters. The maximum atomic E-state index is 12.3. The van der Waals surface area contributed by atoms with Crippen molar-refractivity contribution in [2.45, 2.75) is 33.6 Å².